The van der Waals surface area contributed by atoms with E-state index >= 15 is 0 Å². The van der Waals surface area contributed by atoms with E-state index in [4.69, 9.17) is 0 Å². The molecule has 0 atom stereocenters. The van der Waals surface area contributed by atoms with Crippen molar-refractivity contribution in [2.24, 2.45) is 0 Å². The van der Waals surface area contributed by atoms with Crippen LogP contribution in [0.1, 0.15) is 35.3 Å². The molecule has 3 rings (SSSR count). The molecule has 0 saturated heterocycles. The van der Waals surface area contributed by atoms with Gasteiger partial charge in [-0.25, -0.2) is 4.39 Å². The minimum absolute atomic E-state index is 0.328. The minimum Gasteiger partial charge on any atom is -0.354 e. The van der Waals surface area contributed by atoms with Gasteiger partial charge in [0.25, 0.3) is 0 Å². The molecule has 0 bridgehead atoms. The van der Waals surface area contributed by atoms with E-state index < -0.39 is 0 Å². The molecule has 1 N–H and O–H groups in total. The highest BCUT2D eigenvalue weighted by atomic mass is 19.1. The van der Waals surface area contributed by atoms with Crippen LogP contribution in [0.2, 0.25) is 0 Å². The topological polar surface area (TPSA) is 32.9 Å². The number of carbonyl (C=O) groups is 1. The number of aromatic nitrogens is 1. The van der Waals surface area contributed by atoms with Crippen LogP contribution in [0.4, 0.5) is 4.39 Å². The summed E-state index contributed by atoms with van der Waals surface area (Å²) in [5.41, 5.74) is 4.77. The van der Waals surface area contributed by atoms with Crippen LogP contribution in [-0.4, -0.2) is 11.3 Å². The van der Waals surface area contributed by atoms with Crippen molar-refractivity contribution in [1.29, 1.82) is 0 Å². The van der Waals surface area contributed by atoms with Crippen molar-refractivity contribution in [3.63, 3.8) is 0 Å². The molecular formula is C19H18FNO. The standard InChI is InChI=1S/C19H18FNO/c1-3-12-9-13(4-2)18-15(11-22)19(21-17(18)10-12)14-7-5-6-8-16(14)20/h5-11,21H,3-4H2,1-2H3. The van der Waals surface area contributed by atoms with Gasteiger partial charge in [0.1, 0.15) is 5.82 Å². The number of aldehydes is 1. The maximum Gasteiger partial charge on any atom is 0.152 e. The number of halogens is 1. The summed E-state index contributed by atoms with van der Waals surface area (Å²) in [7, 11) is 0. The van der Waals surface area contributed by atoms with Crippen LogP contribution in [-0.2, 0) is 12.8 Å². The molecule has 3 aromatic rings. The maximum atomic E-state index is 14.1. The smallest absolute Gasteiger partial charge is 0.152 e. The van der Waals surface area contributed by atoms with E-state index in [9.17, 15) is 9.18 Å². The Bertz CT molecular complexity index is 848. The lowest BCUT2D eigenvalue weighted by Crippen LogP contribution is -1.91. The van der Waals surface area contributed by atoms with Gasteiger partial charge in [0.2, 0.25) is 0 Å². The Kier molecular flexibility index (Phi) is 3.80. The van der Waals surface area contributed by atoms with E-state index in [0.29, 0.717) is 16.8 Å². The Morgan fingerprint density at radius 1 is 1.14 bits per heavy atom. The minimum atomic E-state index is -0.328. The number of fused-ring (bicyclic) bond motifs is 1. The van der Waals surface area contributed by atoms with Crippen molar-refractivity contribution in [2.45, 2.75) is 26.7 Å². The van der Waals surface area contributed by atoms with Crippen LogP contribution < -0.4 is 0 Å². The number of nitrogens with one attached hydrogen (secondary N) is 1. The van der Waals surface area contributed by atoms with E-state index in [1.165, 1.54) is 11.6 Å². The maximum absolute atomic E-state index is 14.1. The lowest BCUT2D eigenvalue weighted by atomic mass is 9.98. The van der Waals surface area contributed by atoms with Crippen molar-refractivity contribution in [3.8, 4) is 11.3 Å². The third kappa shape index (κ3) is 2.23. The van der Waals surface area contributed by atoms with E-state index in [2.05, 4.69) is 24.9 Å². The average Bonchev–Trinajstić information content (AvgIpc) is 2.92. The van der Waals surface area contributed by atoms with Crippen LogP contribution >= 0.6 is 0 Å². The predicted octanol–water partition coefficient (Wildman–Crippen LogP) is 4.91. The van der Waals surface area contributed by atoms with Crippen molar-refractivity contribution < 1.29 is 9.18 Å². The van der Waals surface area contributed by atoms with Gasteiger partial charge in [0.05, 0.1) is 5.69 Å². The Balaban J connectivity index is 2.37. The lowest BCUT2D eigenvalue weighted by molar-refractivity contribution is 0.112. The van der Waals surface area contributed by atoms with Crippen LogP contribution in [0.15, 0.2) is 36.4 Å². The van der Waals surface area contributed by atoms with Gasteiger partial charge < -0.3 is 4.98 Å². The van der Waals surface area contributed by atoms with Crippen molar-refractivity contribution in [3.05, 3.63) is 58.9 Å². The van der Waals surface area contributed by atoms with Gasteiger partial charge in [0.15, 0.2) is 6.29 Å². The van der Waals surface area contributed by atoms with Gasteiger partial charge in [-0.05, 0) is 42.2 Å². The molecule has 1 heterocycles. The number of aromatic amines is 1. The molecule has 0 spiro atoms. The van der Waals surface area contributed by atoms with E-state index in [1.807, 2.05) is 6.07 Å². The van der Waals surface area contributed by atoms with Gasteiger partial charge in [-0.1, -0.05) is 32.0 Å². The first-order valence-corrected chi connectivity index (χ1v) is 7.57. The first-order chi connectivity index (χ1) is 10.7. The second-order valence-electron chi connectivity index (χ2n) is 5.40. The number of H-pyrrole nitrogens is 1. The summed E-state index contributed by atoms with van der Waals surface area (Å²) in [6, 6.07) is 10.7. The first-order valence-electron chi connectivity index (χ1n) is 7.57. The molecule has 0 aliphatic heterocycles. The van der Waals surface area contributed by atoms with Gasteiger partial charge in [-0.15, -0.1) is 0 Å². The number of benzene rings is 2. The Hall–Kier alpha value is -2.42. The summed E-state index contributed by atoms with van der Waals surface area (Å²) in [6.07, 6.45) is 2.58. The third-order valence-electron chi connectivity index (χ3n) is 4.13. The summed E-state index contributed by atoms with van der Waals surface area (Å²) in [5.74, 6) is -0.328. The first kappa shape index (κ1) is 14.5. The summed E-state index contributed by atoms with van der Waals surface area (Å²) in [4.78, 5) is 14.9. The van der Waals surface area contributed by atoms with Crippen molar-refractivity contribution >= 4 is 17.2 Å². The van der Waals surface area contributed by atoms with Crippen LogP contribution in [0.25, 0.3) is 22.2 Å². The molecule has 0 radical (unpaired) electrons. The second-order valence-corrected chi connectivity index (χ2v) is 5.40. The lowest BCUT2D eigenvalue weighted by Gasteiger charge is -2.05. The fourth-order valence-corrected chi connectivity index (χ4v) is 2.99. The molecule has 112 valence electrons. The number of carbonyl (C=O) groups excluding carboxylic acids is 1. The highest BCUT2D eigenvalue weighted by Crippen LogP contribution is 2.33. The van der Waals surface area contributed by atoms with Gasteiger partial charge in [0, 0.05) is 22.0 Å². The zero-order valence-corrected chi connectivity index (χ0v) is 12.7. The molecule has 0 aliphatic carbocycles. The molecule has 2 nitrogen and oxygen atoms in total. The van der Waals surface area contributed by atoms with Gasteiger partial charge in [-0.2, -0.15) is 0 Å². The summed E-state index contributed by atoms with van der Waals surface area (Å²) >= 11 is 0. The highest BCUT2D eigenvalue weighted by molar-refractivity contribution is 6.06. The fourth-order valence-electron chi connectivity index (χ4n) is 2.99. The average molecular weight is 295 g/mol. The third-order valence-corrected chi connectivity index (χ3v) is 4.13. The molecular weight excluding hydrogens is 277 g/mol. The monoisotopic (exact) mass is 295 g/mol. The zero-order chi connectivity index (χ0) is 15.7. The van der Waals surface area contributed by atoms with Crippen LogP contribution in [0.5, 0.6) is 0 Å². The molecule has 0 aliphatic rings. The summed E-state index contributed by atoms with van der Waals surface area (Å²) in [6.45, 7) is 4.17. The van der Waals surface area contributed by atoms with Crippen molar-refractivity contribution in [2.75, 3.05) is 0 Å². The largest absolute Gasteiger partial charge is 0.354 e. The molecule has 0 fully saturated rings. The van der Waals surface area contributed by atoms with E-state index in [1.54, 1.807) is 18.2 Å². The quantitative estimate of drug-likeness (QED) is 0.681. The Morgan fingerprint density at radius 3 is 2.55 bits per heavy atom. The van der Waals surface area contributed by atoms with E-state index in [-0.39, 0.29) is 5.82 Å². The normalized spacial score (nSPS) is 11.0. The van der Waals surface area contributed by atoms with Crippen LogP contribution in [0, 0.1) is 5.82 Å². The van der Waals surface area contributed by atoms with Gasteiger partial charge >= 0.3 is 0 Å². The highest BCUT2D eigenvalue weighted by Gasteiger charge is 2.17. The van der Waals surface area contributed by atoms with Gasteiger partial charge in [-0.3, -0.25) is 4.79 Å². The van der Waals surface area contributed by atoms with Crippen LogP contribution in [0.3, 0.4) is 0 Å². The molecule has 2 aromatic carbocycles. The molecule has 0 unspecified atom stereocenters. The molecule has 0 amide bonds. The predicted molar refractivity (Wildman–Crippen MR) is 87.8 cm³/mol. The molecule has 3 heteroatoms. The fraction of sp³-hybridized carbons (Fsp3) is 0.211. The number of rotatable bonds is 4. The van der Waals surface area contributed by atoms with Crippen molar-refractivity contribution in [1.82, 2.24) is 4.98 Å². The van der Waals surface area contributed by atoms with E-state index in [0.717, 1.165) is 35.6 Å². The number of hydrogen-bond donors (Lipinski definition) is 1. The number of hydrogen-bond acceptors (Lipinski definition) is 1. The second kappa shape index (κ2) is 5.76. The zero-order valence-electron chi connectivity index (χ0n) is 12.7. The Morgan fingerprint density at radius 2 is 1.91 bits per heavy atom. The molecule has 0 saturated carbocycles. The number of aryl methyl sites for hydroxylation is 2. The molecule has 1 aromatic heterocycles. The summed E-state index contributed by atoms with van der Waals surface area (Å²) < 4.78 is 14.1. The summed E-state index contributed by atoms with van der Waals surface area (Å²) in [5, 5.41) is 0.910. The SMILES string of the molecule is CCc1cc(CC)c2c(C=O)c(-c3ccccc3F)[nH]c2c1. The molecule has 22 heavy (non-hydrogen) atoms. The Labute approximate surface area is 129 Å².